The van der Waals surface area contributed by atoms with Crippen LogP contribution in [0.3, 0.4) is 0 Å². The fraction of sp³-hybridized carbons (Fsp3) is 0.400. The van der Waals surface area contributed by atoms with Crippen LogP contribution in [0.2, 0.25) is 0 Å². The van der Waals surface area contributed by atoms with Crippen LogP contribution in [0.1, 0.15) is 36.5 Å². The number of anilines is 1. The van der Waals surface area contributed by atoms with Crippen molar-refractivity contribution in [2.45, 2.75) is 32.2 Å². The molecule has 1 aromatic carbocycles. The van der Waals surface area contributed by atoms with Gasteiger partial charge < -0.3 is 16.0 Å². The first-order chi connectivity index (χ1) is 10.0. The Morgan fingerprint density at radius 3 is 2.86 bits per heavy atom. The second-order valence-electron chi connectivity index (χ2n) is 5.11. The van der Waals surface area contributed by atoms with E-state index in [0.29, 0.717) is 30.6 Å². The molecule has 0 radical (unpaired) electrons. The zero-order chi connectivity index (χ0) is 15.2. The Balaban J connectivity index is 1.99. The molecule has 1 fully saturated rings. The van der Waals surface area contributed by atoms with E-state index in [2.05, 4.69) is 16.0 Å². The number of hydrogen-bond acceptors (Lipinski definition) is 3. The molecule has 6 nitrogen and oxygen atoms in total. The minimum atomic E-state index is -0.193. The largest absolute Gasteiger partial charge is 0.356 e. The normalized spacial score (nSPS) is 18.3. The standard InChI is InChI=1S/C15H19N3O3/c1-10(19)17-13-4-2-3-11(9-13)15(21)18-12-5-6-14(20)16-8-7-12/h2-4,9,12H,5-8H2,1H3,(H,16,20)(H,17,19)(H,18,21). The van der Waals surface area contributed by atoms with Crippen molar-refractivity contribution in [1.29, 1.82) is 0 Å². The molecule has 1 aliphatic heterocycles. The van der Waals surface area contributed by atoms with Gasteiger partial charge >= 0.3 is 0 Å². The number of amides is 3. The number of hydrogen-bond donors (Lipinski definition) is 3. The Kier molecular flexibility index (Phi) is 4.92. The molecule has 0 aliphatic carbocycles. The van der Waals surface area contributed by atoms with E-state index in [4.69, 9.17) is 0 Å². The maximum Gasteiger partial charge on any atom is 0.251 e. The smallest absolute Gasteiger partial charge is 0.251 e. The maximum atomic E-state index is 12.2. The van der Waals surface area contributed by atoms with E-state index >= 15 is 0 Å². The average Bonchev–Trinajstić information content (AvgIpc) is 2.63. The summed E-state index contributed by atoms with van der Waals surface area (Å²) in [5, 5.41) is 8.36. The third-order valence-corrected chi connectivity index (χ3v) is 3.32. The Bertz CT molecular complexity index is 557. The quantitative estimate of drug-likeness (QED) is 0.777. The molecule has 0 spiro atoms. The van der Waals surface area contributed by atoms with Gasteiger partial charge in [0.05, 0.1) is 0 Å². The van der Waals surface area contributed by atoms with Gasteiger partial charge in [-0.05, 0) is 31.0 Å². The number of carbonyl (C=O) groups is 3. The molecule has 1 aliphatic rings. The summed E-state index contributed by atoms with van der Waals surface area (Å²) in [5.41, 5.74) is 1.08. The molecule has 0 saturated carbocycles. The van der Waals surface area contributed by atoms with Crippen molar-refractivity contribution < 1.29 is 14.4 Å². The summed E-state index contributed by atoms with van der Waals surface area (Å²) in [6.45, 7) is 2.00. The van der Waals surface area contributed by atoms with E-state index in [9.17, 15) is 14.4 Å². The van der Waals surface area contributed by atoms with E-state index in [1.165, 1.54) is 6.92 Å². The van der Waals surface area contributed by atoms with Gasteiger partial charge in [-0.25, -0.2) is 0 Å². The predicted molar refractivity (Wildman–Crippen MR) is 78.9 cm³/mol. The Labute approximate surface area is 123 Å². The van der Waals surface area contributed by atoms with Gasteiger partial charge in [-0.2, -0.15) is 0 Å². The van der Waals surface area contributed by atoms with Crippen LogP contribution in [0.5, 0.6) is 0 Å². The van der Waals surface area contributed by atoms with Crippen molar-refractivity contribution in [1.82, 2.24) is 10.6 Å². The fourth-order valence-electron chi connectivity index (χ4n) is 2.28. The van der Waals surface area contributed by atoms with Gasteiger partial charge in [0, 0.05) is 37.2 Å². The number of carbonyl (C=O) groups excluding carboxylic acids is 3. The van der Waals surface area contributed by atoms with Gasteiger partial charge in [0.15, 0.2) is 0 Å². The summed E-state index contributed by atoms with van der Waals surface area (Å²) in [7, 11) is 0. The Morgan fingerprint density at radius 2 is 2.10 bits per heavy atom. The molecule has 1 unspecified atom stereocenters. The third-order valence-electron chi connectivity index (χ3n) is 3.32. The maximum absolute atomic E-state index is 12.2. The van der Waals surface area contributed by atoms with Gasteiger partial charge in [0.1, 0.15) is 0 Å². The van der Waals surface area contributed by atoms with Crippen molar-refractivity contribution in [2.75, 3.05) is 11.9 Å². The van der Waals surface area contributed by atoms with Gasteiger partial charge in [-0.1, -0.05) is 6.07 Å². The summed E-state index contributed by atoms with van der Waals surface area (Å²) in [6, 6.07) is 6.77. The van der Waals surface area contributed by atoms with Crippen LogP contribution < -0.4 is 16.0 Å². The zero-order valence-corrected chi connectivity index (χ0v) is 11.9. The highest BCUT2D eigenvalue weighted by Crippen LogP contribution is 2.12. The molecular formula is C15H19N3O3. The third kappa shape index (κ3) is 4.59. The van der Waals surface area contributed by atoms with Crippen LogP contribution in [0.15, 0.2) is 24.3 Å². The van der Waals surface area contributed by atoms with Crippen LogP contribution in [0, 0.1) is 0 Å². The molecular weight excluding hydrogens is 270 g/mol. The van der Waals surface area contributed by atoms with E-state index in [0.717, 1.165) is 6.42 Å². The van der Waals surface area contributed by atoms with Gasteiger partial charge in [0.2, 0.25) is 11.8 Å². The monoisotopic (exact) mass is 289 g/mol. The molecule has 3 amide bonds. The van der Waals surface area contributed by atoms with E-state index in [-0.39, 0.29) is 23.8 Å². The summed E-state index contributed by atoms with van der Waals surface area (Å²) >= 11 is 0. The second kappa shape index (κ2) is 6.88. The molecule has 1 atom stereocenters. The molecule has 0 bridgehead atoms. The minimum absolute atomic E-state index is 0.0131. The lowest BCUT2D eigenvalue weighted by atomic mass is 10.1. The highest BCUT2D eigenvalue weighted by molar-refractivity contribution is 5.97. The van der Waals surface area contributed by atoms with Crippen molar-refractivity contribution in [3.05, 3.63) is 29.8 Å². The molecule has 112 valence electrons. The fourth-order valence-corrected chi connectivity index (χ4v) is 2.28. The van der Waals surface area contributed by atoms with Crippen LogP contribution in [0.4, 0.5) is 5.69 Å². The minimum Gasteiger partial charge on any atom is -0.356 e. The topological polar surface area (TPSA) is 87.3 Å². The summed E-state index contributed by atoms with van der Waals surface area (Å²) in [4.78, 5) is 34.5. The lowest BCUT2D eigenvalue weighted by Gasteiger charge is -2.15. The first kappa shape index (κ1) is 15.0. The second-order valence-corrected chi connectivity index (χ2v) is 5.11. The number of rotatable bonds is 3. The van der Waals surface area contributed by atoms with E-state index < -0.39 is 0 Å². The Hall–Kier alpha value is -2.37. The van der Waals surface area contributed by atoms with Crippen LogP contribution in [0.25, 0.3) is 0 Å². The van der Waals surface area contributed by atoms with Crippen molar-refractivity contribution in [3.8, 4) is 0 Å². The van der Waals surface area contributed by atoms with Gasteiger partial charge in [-0.15, -0.1) is 0 Å². The Morgan fingerprint density at radius 1 is 1.29 bits per heavy atom. The molecule has 1 aromatic rings. The molecule has 2 rings (SSSR count). The van der Waals surface area contributed by atoms with Crippen molar-refractivity contribution in [2.24, 2.45) is 0 Å². The summed E-state index contributed by atoms with van der Waals surface area (Å²) < 4.78 is 0. The van der Waals surface area contributed by atoms with Gasteiger partial charge in [0.25, 0.3) is 5.91 Å². The molecule has 1 heterocycles. The van der Waals surface area contributed by atoms with Gasteiger partial charge in [-0.3, -0.25) is 14.4 Å². The molecule has 21 heavy (non-hydrogen) atoms. The van der Waals surface area contributed by atoms with E-state index in [1.54, 1.807) is 24.3 Å². The lowest BCUT2D eigenvalue weighted by molar-refractivity contribution is -0.120. The molecule has 6 heteroatoms. The molecule has 0 aromatic heterocycles. The molecule has 1 saturated heterocycles. The number of benzene rings is 1. The van der Waals surface area contributed by atoms with Crippen molar-refractivity contribution in [3.63, 3.8) is 0 Å². The SMILES string of the molecule is CC(=O)Nc1cccc(C(=O)NC2CCNC(=O)CC2)c1. The van der Waals surface area contributed by atoms with Crippen LogP contribution in [-0.2, 0) is 9.59 Å². The summed E-state index contributed by atoms with van der Waals surface area (Å²) in [6.07, 6.45) is 1.79. The molecule has 3 N–H and O–H groups in total. The lowest BCUT2D eigenvalue weighted by Crippen LogP contribution is -2.35. The van der Waals surface area contributed by atoms with Crippen molar-refractivity contribution >= 4 is 23.4 Å². The average molecular weight is 289 g/mol. The summed E-state index contributed by atoms with van der Waals surface area (Å²) in [5.74, 6) is -0.345. The highest BCUT2D eigenvalue weighted by Gasteiger charge is 2.18. The predicted octanol–water partition coefficient (Wildman–Crippen LogP) is 1.04. The van der Waals surface area contributed by atoms with Crippen LogP contribution in [-0.4, -0.2) is 30.3 Å². The number of nitrogens with one attached hydrogen (secondary N) is 3. The zero-order valence-electron chi connectivity index (χ0n) is 11.9. The van der Waals surface area contributed by atoms with E-state index in [1.807, 2.05) is 0 Å². The first-order valence-electron chi connectivity index (χ1n) is 7.00. The first-order valence-corrected chi connectivity index (χ1v) is 7.00. The van der Waals surface area contributed by atoms with Crippen LogP contribution >= 0.6 is 0 Å². The highest BCUT2D eigenvalue weighted by atomic mass is 16.2.